The molecule has 2 nitrogen and oxygen atoms in total. The van der Waals surface area contributed by atoms with Crippen LogP contribution in [0.25, 0.3) is 0 Å². The van der Waals surface area contributed by atoms with Crippen LogP contribution in [-0.2, 0) is 0 Å². The van der Waals surface area contributed by atoms with E-state index in [-0.39, 0.29) is 11.3 Å². The number of hydrogen-bond donors (Lipinski definition) is 0. The average Bonchev–Trinajstić information content (AvgIpc) is 2.38. The van der Waals surface area contributed by atoms with Crippen LogP contribution < -0.4 is 4.74 Å². The number of ether oxygens (including phenoxy) is 1. The summed E-state index contributed by atoms with van der Waals surface area (Å²) < 4.78 is 19.1. The molecule has 0 aliphatic rings. The molecule has 0 saturated carbocycles. The van der Waals surface area contributed by atoms with E-state index in [9.17, 15) is 9.18 Å². The Morgan fingerprint density at radius 3 is 2.39 bits per heavy atom. The van der Waals surface area contributed by atoms with Crippen molar-refractivity contribution in [3.05, 3.63) is 63.9 Å². The van der Waals surface area contributed by atoms with Crippen molar-refractivity contribution >= 4 is 21.7 Å². The number of ketones is 1. The van der Waals surface area contributed by atoms with Gasteiger partial charge in [-0.15, -0.1) is 0 Å². The fraction of sp³-hybridized carbons (Fsp3) is 0.0714. The van der Waals surface area contributed by atoms with Gasteiger partial charge in [-0.05, 0) is 52.3 Å². The molecule has 0 atom stereocenters. The third kappa shape index (κ3) is 2.43. The van der Waals surface area contributed by atoms with E-state index in [2.05, 4.69) is 15.9 Å². The molecule has 0 bridgehead atoms. The Morgan fingerprint density at radius 2 is 1.83 bits per heavy atom. The molecule has 92 valence electrons. The molecule has 0 N–H and O–H groups in total. The predicted molar refractivity (Wildman–Crippen MR) is 70.5 cm³/mol. The second kappa shape index (κ2) is 5.31. The lowest BCUT2D eigenvalue weighted by Crippen LogP contribution is -2.05. The van der Waals surface area contributed by atoms with E-state index in [1.807, 2.05) is 0 Å². The normalized spacial score (nSPS) is 10.2. The van der Waals surface area contributed by atoms with Gasteiger partial charge < -0.3 is 4.74 Å². The van der Waals surface area contributed by atoms with Crippen molar-refractivity contribution in [1.29, 1.82) is 0 Å². The Bertz CT molecular complexity index is 559. The van der Waals surface area contributed by atoms with Gasteiger partial charge in [-0.2, -0.15) is 0 Å². The van der Waals surface area contributed by atoms with Crippen molar-refractivity contribution in [2.24, 2.45) is 0 Å². The maximum absolute atomic E-state index is 13.7. The lowest BCUT2D eigenvalue weighted by molar-refractivity contribution is 0.103. The van der Waals surface area contributed by atoms with Gasteiger partial charge in [-0.1, -0.05) is 6.07 Å². The fourth-order valence-corrected chi connectivity index (χ4v) is 2.12. The van der Waals surface area contributed by atoms with Crippen LogP contribution >= 0.6 is 15.9 Å². The number of halogens is 2. The van der Waals surface area contributed by atoms with Crippen molar-refractivity contribution in [1.82, 2.24) is 0 Å². The molecule has 0 fully saturated rings. The van der Waals surface area contributed by atoms with Gasteiger partial charge in [0, 0.05) is 10.0 Å². The molecule has 0 radical (unpaired) electrons. The number of methoxy groups -OCH3 is 1. The van der Waals surface area contributed by atoms with Crippen molar-refractivity contribution in [2.45, 2.75) is 0 Å². The van der Waals surface area contributed by atoms with Gasteiger partial charge >= 0.3 is 0 Å². The van der Waals surface area contributed by atoms with E-state index in [4.69, 9.17) is 4.74 Å². The summed E-state index contributed by atoms with van der Waals surface area (Å²) in [6.07, 6.45) is 0. The summed E-state index contributed by atoms with van der Waals surface area (Å²) in [7, 11) is 1.55. The molecule has 0 aliphatic carbocycles. The Kier molecular flexibility index (Phi) is 3.77. The van der Waals surface area contributed by atoms with Gasteiger partial charge in [0.05, 0.1) is 12.7 Å². The third-order valence-corrected chi connectivity index (χ3v) is 3.20. The highest BCUT2D eigenvalue weighted by molar-refractivity contribution is 9.10. The van der Waals surface area contributed by atoms with E-state index in [0.717, 1.165) is 0 Å². The molecule has 18 heavy (non-hydrogen) atoms. The van der Waals surface area contributed by atoms with Gasteiger partial charge in [-0.3, -0.25) is 4.79 Å². The van der Waals surface area contributed by atoms with Gasteiger partial charge in [0.2, 0.25) is 0 Å². The van der Waals surface area contributed by atoms with Gasteiger partial charge in [0.25, 0.3) is 0 Å². The molecule has 2 aromatic carbocycles. The van der Waals surface area contributed by atoms with Crippen molar-refractivity contribution in [3.8, 4) is 5.75 Å². The summed E-state index contributed by atoms with van der Waals surface area (Å²) >= 11 is 3.19. The quantitative estimate of drug-likeness (QED) is 0.806. The van der Waals surface area contributed by atoms with E-state index in [1.54, 1.807) is 43.5 Å². The summed E-state index contributed by atoms with van der Waals surface area (Å²) in [6, 6.07) is 11.0. The maximum Gasteiger partial charge on any atom is 0.197 e. The molecule has 2 aromatic rings. The molecular formula is C14H10BrFO2. The summed E-state index contributed by atoms with van der Waals surface area (Å²) in [5.41, 5.74) is 0.462. The summed E-state index contributed by atoms with van der Waals surface area (Å²) in [4.78, 5) is 12.2. The smallest absolute Gasteiger partial charge is 0.197 e. The fourth-order valence-electron chi connectivity index (χ4n) is 1.60. The highest BCUT2D eigenvalue weighted by atomic mass is 79.9. The van der Waals surface area contributed by atoms with Crippen LogP contribution in [0.5, 0.6) is 5.75 Å². The number of carbonyl (C=O) groups excluding carboxylic acids is 1. The standard InChI is InChI=1S/C14H10BrFO2/c1-18-10-7-5-9(6-8-10)14(17)13-11(15)3-2-4-12(13)16/h2-8H,1H3. The zero-order valence-electron chi connectivity index (χ0n) is 9.61. The minimum Gasteiger partial charge on any atom is -0.497 e. The molecule has 0 aromatic heterocycles. The maximum atomic E-state index is 13.7. The first-order valence-corrected chi connectivity index (χ1v) is 6.05. The van der Waals surface area contributed by atoms with Gasteiger partial charge in [0.1, 0.15) is 11.6 Å². The van der Waals surface area contributed by atoms with Crippen LogP contribution in [0.1, 0.15) is 15.9 Å². The van der Waals surface area contributed by atoms with E-state index < -0.39 is 5.82 Å². The van der Waals surface area contributed by atoms with Crippen molar-refractivity contribution < 1.29 is 13.9 Å². The van der Waals surface area contributed by atoms with E-state index in [0.29, 0.717) is 15.8 Å². The highest BCUT2D eigenvalue weighted by Gasteiger charge is 2.17. The van der Waals surface area contributed by atoms with Gasteiger partial charge in [0.15, 0.2) is 5.78 Å². The van der Waals surface area contributed by atoms with Crippen LogP contribution in [0.3, 0.4) is 0 Å². The Balaban J connectivity index is 2.41. The number of carbonyl (C=O) groups is 1. The Labute approximate surface area is 113 Å². The Morgan fingerprint density at radius 1 is 1.17 bits per heavy atom. The Hall–Kier alpha value is -1.68. The monoisotopic (exact) mass is 308 g/mol. The predicted octanol–water partition coefficient (Wildman–Crippen LogP) is 3.83. The molecule has 0 heterocycles. The van der Waals surface area contributed by atoms with E-state index >= 15 is 0 Å². The van der Waals surface area contributed by atoms with Crippen LogP contribution in [0, 0.1) is 5.82 Å². The number of rotatable bonds is 3. The zero-order valence-corrected chi connectivity index (χ0v) is 11.2. The molecule has 2 rings (SSSR count). The molecule has 0 aliphatic heterocycles. The van der Waals surface area contributed by atoms with Crippen LogP contribution in [-0.4, -0.2) is 12.9 Å². The molecule has 0 unspecified atom stereocenters. The minimum absolute atomic E-state index is 0.0441. The van der Waals surface area contributed by atoms with Crippen molar-refractivity contribution in [2.75, 3.05) is 7.11 Å². The first-order valence-electron chi connectivity index (χ1n) is 5.26. The average molecular weight is 309 g/mol. The SMILES string of the molecule is COc1ccc(C(=O)c2c(F)cccc2Br)cc1. The highest BCUT2D eigenvalue weighted by Crippen LogP contribution is 2.23. The topological polar surface area (TPSA) is 26.3 Å². The second-order valence-electron chi connectivity index (χ2n) is 3.65. The molecule has 0 amide bonds. The largest absolute Gasteiger partial charge is 0.497 e. The molecule has 0 saturated heterocycles. The second-order valence-corrected chi connectivity index (χ2v) is 4.51. The first kappa shape index (κ1) is 12.8. The van der Waals surface area contributed by atoms with Crippen LogP contribution in [0.15, 0.2) is 46.9 Å². The lowest BCUT2D eigenvalue weighted by Gasteiger charge is -2.06. The number of hydrogen-bond acceptors (Lipinski definition) is 2. The molecule has 4 heteroatoms. The zero-order chi connectivity index (χ0) is 13.1. The summed E-state index contributed by atoms with van der Waals surface area (Å²) in [5.74, 6) is -0.244. The minimum atomic E-state index is -0.537. The van der Waals surface area contributed by atoms with Crippen molar-refractivity contribution in [3.63, 3.8) is 0 Å². The van der Waals surface area contributed by atoms with Crippen LogP contribution in [0.2, 0.25) is 0 Å². The number of benzene rings is 2. The third-order valence-electron chi connectivity index (χ3n) is 2.54. The summed E-state index contributed by atoms with van der Waals surface area (Å²) in [6.45, 7) is 0. The first-order chi connectivity index (χ1) is 8.63. The van der Waals surface area contributed by atoms with E-state index in [1.165, 1.54) is 6.07 Å². The van der Waals surface area contributed by atoms with Gasteiger partial charge in [-0.25, -0.2) is 4.39 Å². The summed E-state index contributed by atoms with van der Waals surface area (Å²) in [5, 5.41) is 0. The van der Waals surface area contributed by atoms with Crippen LogP contribution in [0.4, 0.5) is 4.39 Å². The molecule has 0 spiro atoms. The molecular weight excluding hydrogens is 299 g/mol. The lowest BCUT2D eigenvalue weighted by atomic mass is 10.0.